The van der Waals surface area contributed by atoms with Gasteiger partial charge in [-0.05, 0) is 35.9 Å². The molecule has 0 amide bonds. The first-order valence-electron chi connectivity index (χ1n) is 7.18. The zero-order valence-electron chi connectivity index (χ0n) is 14.0. The molecule has 2 rings (SSSR count). The van der Waals surface area contributed by atoms with Gasteiger partial charge in [-0.3, -0.25) is 4.79 Å². The number of methoxy groups -OCH3 is 4. The Hall–Kier alpha value is -2.40. The van der Waals surface area contributed by atoms with E-state index in [2.05, 4.69) is 0 Å². The van der Waals surface area contributed by atoms with Crippen molar-refractivity contribution in [3.8, 4) is 23.0 Å². The summed E-state index contributed by atoms with van der Waals surface area (Å²) in [6, 6.07) is 10.1. The van der Waals surface area contributed by atoms with Crippen LogP contribution in [0.1, 0.15) is 21.3 Å². The maximum atomic E-state index is 12.7. The molecule has 1 unspecified atom stereocenters. The highest BCUT2D eigenvalue weighted by atomic mass is 35.5. The van der Waals surface area contributed by atoms with E-state index >= 15 is 0 Å². The molecule has 0 aliphatic rings. The van der Waals surface area contributed by atoms with Crippen LogP contribution in [0.4, 0.5) is 0 Å². The molecular weight excluding hydrogens is 332 g/mol. The summed E-state index contributed by atoms with van der Waals surface area (Å²) in [6.45, 7) is 0. The molecule has 0 bridgehead atoms. The van der Waals surface area contributed by atoms with Gasteiger partial charge in [0.15, 0.2) is 28.8 Å². The minimum absolute atomic E-state index is 0.246. The molecule has 0 fully saturated rings. The quantitative estimate of drug-likeness (QED) is 0.560. The zero-order valence-corrected chi connectivity index (χ0v) is 14.7. The Morgan fingerprint density at radius 1 is 0.792 bits per heavy atom. The fourth-order valence-corrected chi connectivity index (χ4v) is 2.56. The van der Waals surface area contributed by atoms with Crippen LogP contribution in [0, 0.1) is 0 Å². The number of ether oxygens (including phenoxy) is 4. The Balaban J connectivity index is 2.32. The van der Waals surface area contributed by atoms with Gasteiger partial charge < -0.3 is 18.9 Å². The predicted octanol–water partition coefficient (Wildman–Crippen LogP) is 3.88. The topological polar surface area (TPSA) is 54.0 Å². The third kappa shape index (κ3) is 3.57. The van der Waals surface area contributed by atoms with E-state index in [0.29, 0.717) is 34.1 Å². The van der Waals surface area contributed by atoms with Gasteiger partial charge in [-0.15, -0.1) is 11.6 Å². The molecule has 1 atom stereocenters. The van der Waals surface area contributed by atoms with Crippen LogP contribution in [0.25, 0.3) is 0 Å². The first-order valence-corrected chi connectivity index (χ1v) is 7.61. The number of carbonyl (C=O) groups is 1. The van der Waals surface area contributed by atoms with E-state index in [1.165, 1.54) is 21.3 Å². The zero-order chi connectivity index (χ0) is 17.7. The highest BCUT2D eigenvalue weighted by Crippen LogP contribution is 2.35. The fraction of sp³-hybridized carbons (Fsp3) is 0.278. The van der Waals surface area contributed by atoms with E-state index in [0.717, 1.165) is 0 Å². The van der Waals surface area contributed by atoms with Crippen LogP contribution in [-0.4, -0.2) is 34.2 Å². The summed E-state index contributed by atoms with van der Waals surface area (Å²) in [6.07, 6.45) is 0. The van der Waals surface area contributed by atoms with Gasteiger partial charge in [-0.25, -0.2) is 0 Å². The van der Waals surface area contributed by atoms with Gasteiger partial charge in [-0.1, -0.05) is 6.07 Å². The molecule has 0 saturated carbocycles. The Bertz CT molecular complexity index is 729. The average molecular weight is 351 g/mol. The van der Waals surface area contributed by atoms with Gasteiger partial charge in [0.1, 0.15) is 5.38 Å². The number of carbonyl (C=O) groups excluding carboxylic acids is 1. The third-order valence-electron chi connectivity index (χ3n) is 3.60. The fourth-order valence-electron chi connectivity index (χ4n) is 2.30. The van der Waals surface area contributed by atoms with Gasteiger partial charge in [-0.2, -0.15) is 0 Å². The number of benzene rings is 2. The summed E-state index contributed by atoms with van der Waals surface area (Å²) >= 11 is 6.37. The second-order valence-electron chi connectivity index (χ2n) is 4.91. The van der Waals surface area contributed by atoms with Crippen molar-refractivity contribution < 1.29 is 23.7 Å². The van der Waals surface area contributed by atoms with Gasteiger partial charge in [0.05, 0.1) is 28.4 Å². The van der Waals surface area contributed by atoms with Gasteiger partial charge in [0.2, 0.25) is 0 Å². The number of hydrogen-bond acceptors (Lipinski definition) is 5. The van der Waals surface area contributed by atoms with Crippen LogP contribution >= 0.6 is 11.6 Å². The molecule has 5 nitrogen and oxygen atoms in total. The second kappa shape index (κ2) is 7.93. The summed E-state index contributed by atoms with van der Waals surface area (Å²) in [5, 5.41) is -0.858. The van der Waals surface area contributed by atoms with E-state index in [9.17, 15) is 4.79 Å². The van der Waals surface area contributed by atoms with Crippen LogP contribution in [0.15, 0.2) is 36.4 Å². The number of halogens is 1. The molecule has 0 saturated heterocycles. The molecule has 24 heavy (non-hydrogen) atoms. The lowest BCUT2D eigenvalue weighted by Crippen LogP contribution is -2.08. The lowest BCUT2D eigenvalue weighted by atomic mass is 10.0. The van der Waals surface area contributed by atoms with Gasteiger partial charge in [0, 0.05) is 5.56 Å². The SMILES string of the molecule is COc1ccc(C(=O)C(Cl)c2ccc(OC)c(OC)c2)cc1OC. The maximum absolute atomic E-state index is 12.7. The van der Waals surface area contributed by atoms with Crippen LogP contribution < -0.4 is 18.9 Å². The lowest BCUT2D eigenvalue weighted by Gasteiger charge is -2.14. The minimum Gasteiger partial charge on any atom is -0.493 e. The first-order chi connectivity index (χ1) is 11.5. The number of hydrogen-bond donors (Lipinski definition) is 0. The van der Waals surface area contributed by atoms with E-state index < -0.39 is 5.38 Å². The Morgan fingerprint density at radius 3 is 1.83 bits per heavy atom. The maximum Gasteiger partial charge on any atom is 0.185 e. The van der Waals surface area contributed by atoms with Crippen LogP contribution in [-0.2, 0) is 0 Å². The van der Waals surface area contributed by atoms with E-state index in [-0.39, 0.29) is 5.78 Å². The summed E-state index contributed by atoms with van der Waals surface area (Å²) in [4.78, 5) is 12.7. The Labute approximate surface area is 146 Å². The van der Waals surface area contributed by atoms with Crippen molar-refractivity contribution in [3.05, 3.63) is 47.5 Å². The molecule has 6 heteroatoms. The Morgan fingerprint density at radius 2 is 1.29 bits per heavy atom. The molecule has 0 N–H and O–H groups in total. The average Bonchev–Trinajstić information content (AvgIpc) is 2.65. The summed E-state index contributed by atoms with van der Waals surface area (Å²) < 4.78 is 20.8. The Kier molecular flexibility index (Phi) is 5.93. The summed E-state index contributed by atoms with van der Waals surface area (Å²) in [5.74, 6) is 1.86. The lowest BCUT2D eigenvalue weighted by molar-refractivity contribution is 0.0986. The van der Waals surface area contributed by atoms with Gasteiger partial charge in [0.25, 0.3) is 0 Å². The van der Waals surface area contributed by atoms with Crippen molar-refractivity contribution >= 4 is 17.4 Å². The largest absolute Gasteiger partial charge is 0.493 e. The van der Waals surface area contributed by atoms with Crippen molar-refractivity contribution in [2.24, 2.45) is 0 Å². The molecule has 2 aromatic carbocycles. The van der Waals surface area contributed by atoms with Crippen molar-refractivity contribution in [3.63, 3.8) is 0 Å². The molecule has 128 valence electrons. The van der Waals surface area contributed by atoms with Crippen molar-refractivity contribution in [1.29, 1.82) is 0 Å². The molecular formula is C18H19ClO5. The third-order valence-corrected chi connectivity index (χ3v) is 4.05. The standard InChI is InChI=1S/C18H19ClO5/c1-21-13-7-5-11(9-15(13)23-3)17(19)18(20)12-6-8-14(22-2)16(10-12)24-4/h5-10,17H,1-4H3. The number of ketones is 1. The van der Waals surface area contributed by atoms with Crippen molar-refractivity contribution in [1.82, 2.24) is 0 Å². The van der Waals surface area contributed by atoms with Crippen LogP contribution in [0.3, 0.4) is 0 Å². The number of alkyl halides is 1. The molecule has 0 spiro atoms. The van der Waals surface area contributed by atoms with Crippen molar-refractivity contribution in [2.75, 3.05) is 28.4 Å². The van der Waals surface area contributed by atoms with Crippen LogP contribution in [0.2, 0.25) is 0 Å². The van der Waals surface area contributed by atoms with E-state index in [1.807, 2.05) is 0 Å². The van der Waals surface area contributed by atoms with E-state index in [1.54, 1.807) is 43.5 Å². The van der Waals surface area contributed by atoms with Crippen LogP contribution in [0.5, 0.6) is 23.0 Å². The molecule has 0 radical (unpaired) electrons. The van der Waals surface area contributed by atoms with Gasteiger partial charge >= 0.3 is 0 Å². The number of rotatable bonds is 7. The van der Waals surface area contributed by atoms with E-state index in [4.69, 9.17) is 30.5 Å². The smallest absolute Gasteiger partial charge is 0.185 e. The molecule has 2 aromatic rings. The highest BCUT2D eigenvalue weighted by molar-refractivity contribution is 6.34. The predicted molar refractivity (Wildman–Crippen MR) is 92.0 cm³/mol. The summed E-state index contributed by atoms with van der Waals surface area (Å²) in [5.41, 5.74) is 1.05. The molecule has 0 aliphatic carbocycles. The molecule has 0 heterocycles. The normalized spacial score (nSPS) is 11.5. The molecule has 0 aromatic heterocycles. The van der Waals surface area contributed by atoms with Crippen molar-refractivity contribution in [2.45, 2.75) is 5.38 Å². The minimum atomic E-state index is -0.858. The second-order valence-corrected chi connectivity index (χ2v) is 5.35. The monoisotopic (exact) mass is 350 g/mol. The number of Topliss-reactive ketones (excluding diaryl/α,β-unsaturated/α-hetero) is 1. The molecule has 0 aliphatic heterocycles. The summed E-state index contributed by atoms with van der Waals surface area (Å²) in [7, 11) is 6.12. The highest BCUT2D eigenvalue weighted by Gasteiger charge is 2.22. The first kappa shape index (κ1) is 17.9.